The molecule has 0 spiro atoms. The molecule has 3 heteroatoms. The number of amides is 1. The lowest BCUT2D eigenvalue weighted by molar-refractivity contribution is 0.0235. The third kappa shape index (κ3) is 1.07. The first-order chi connectivity index (χ1) is 6.37. The van der Waals surface area contributed by atoms with Crippen LogP contribution in [0.4, 0.5) is 4.79 Å². The van der Waals surface area contributed by atoms with Gasteiger partial charge in [0.25, 0.3) is 0 Å². The lowest BCUT2D eigenvalue weighted by Crippen LogP contribution is -2.55. The van der Waals surface area contributed by atoms with Crippen LogP contribution in [0.3, 0.4) is 0 Å². The molecule has 2 unspecified atom stereocenters. The largest absolute Gasteiger partial charge is 0.465 e. The van der Waals surface area contributed by atoms with Crippen molar-refractivity contribution < 1.29 is 9.90 Å². The van der Waals surface area contributed by atoms with Crippen molar-refractivity contribution in [2.75, 3.05) is 6.54 Å². The molecule has 14 heavy (non-hydrogen) atoms. The van der Waals surface area contributed by atoms with Gasteiger partial charge in [0, 0.05) is 6.54 Å². The van der Waals surface area contributed by atoms with Crippen molar-refractivity contribution in [3.05, 3.63) is 0 Å². The average molecular weight is 197 g/mol. The van der Waals surface area contributed by atoms with E-state index < -0.39 is 6.09 Å². The second-order valence-corrected chi connectivity index (χ2v) is 5.78. The number of fused-ring (bicyclic) bond motifs is 2. The van der Waals surface area contributed by atoms with E-state index in [1.165, 1.54) is 6.42 Å². The van der Waals surface area contributed by atoms with Gasteiger partial charge in [-0.1, -0.05) is 20.8 Å². The van der Waals surface area contributed by atoms with E-state index in [1.54, 1.807) is 4.90 Å². The van der Waals surface area contributed by atoms with Crippen molar-refractivity contribution in [3.8, 4) is 0 Å². The molecular formula is C11H19NO2. The Morgan fingerprint density at radius 1 is 1.50 bits per heavy atom. The highest BCUT2D eigenvalue weighted by atomic mass is 16.4. The van der Waals surface area contributed by atoms with Crippen molar-refractivity contribution in [1.29, 1.82) is 0 Å². The second-order valence-electron chi connectivity index (χ2n) is 5.78. The molecule has 1 saturated heterocycles. The monoisotopic (exact) mass is 197 g/mol. The Hall–Kier alpha value is -0.730. The number of piperidine rings is 1. The Morgan fingerprint density at radius 3 is 2.50 bits per heavy atom. The van der Waals surface area contributed by atoms with E-state index in [0.717, 1.165) is 19.4 Å². The third-order valence-corrected chi connectivity index (χ3v) is 4.18. The summed E-state index contributed by atoms with van der Waals surface area (Å²) in [4.78, 5) is 12.9. The molecule has 1 saturated carbocycles. The lowest BCUT2D eigenvalue weighted by atomic mass is 9.72. The van der Waals surface area contributed by atoms with Gasteiger partial charge in [-0.25, -0.2) is 4.79 Å². The number of hydrogen-bond donors (Lipinski definition) is 1. The van der Waals surface area contributed by atoms with E-state index in [-0.39, 0.29) is 11.0 Å². The minimum absolute atomic E-state index is 0.0661. The van der Waals surface area contributed by atoms with Gasteiger partial charge >= 0.3 is 6.09 Å². The SMILES string of the molecule is CC(C)(C)C12CCC(CN1C(=O)O)C2. The van der Waals surface area contributed by atoms with Crippen molar-refractivity contribution >= 4 is 6.09 Å². The fourth-order valence-electron chi connectivity index (χ4n) is 3.31. The molecule has 0 aromatic rings. The van der Waals surface area contributed by atoms with Gasteiger partial charge in [0.05, 0.1) is 5.54 Å². The highest BCUT2D eigenvalue weighted by molar-refractivity contribution is 5.67. The van der Waals surface area contributed by atoms with E-state index in [9.17, 15) is 9.90 Å². The summed E-state index contributed by atoms with van der Waals surface area (Å²) in [5, 5.41) is 9.19. The van der Waals surface area contributed by atoms with E-state index in [0.29, 0.717) is 5.92 Å². The lowest BCUT2D eigenvalue weighted by Gasteiger charge is -2.46. The number of rotatable bonds is 0. The first-order valence-electron chi connectivity index (χ1n) is 5.37. The molecule has 0 aromatic carbocycles. The first kappa shape index (κ1) is 9.81. The zero-order valence-electron chi connectivity index (χ0n) is 9.21. The first-order valence-corrected chi connectivity index (χ1v) is 5.37. The van der Waals surface area contributed by atoms with Crippen LogP contribution in [0.2, 0.25) is 0 Å². The number of likely N-dealkylation sites (tertiary alicyclic amines) is 1. The van der Waals surface area contributed by atoms with Gasteiger partial charge in [-0.3, -0.25) is 0 Å². The normalized spacial score (nSPS) is 36.5. The molecule has 1 heterocycles. The average Bonchev–Trinajstić information content (AvgIpc) is 2.58. The van der Waals surface area contributed by atoms with Crippen LogP contribution in [0.15, 0.2) is 0 Å². The van der Waals surface area contributed by atoms with Gasteiger partial charge in [0.15, 0.2) is 0 Å². The van der Waals surface area contributed by atoms with E-state index in [4.69, 9.17) is 0 Å². The topological polar surface area (TPSA) is 40.5 Å². The highest BCUT2D eigenvalue weighted by Gasteiger charge is 2.58. The van der Waals surface area contributed by atoms with Crippen LogP contribution in [0.5, 0.6) is 0 Å². The summed E-state index contributed by atoms with van der Waals surface area (Å²) < 4.78 is 0. The maximum Gasteiger partial charge on any atom is 0.407 e. The third-order valence-electron chi connectivity index (χ3n) is 4.18. The van der Waals surface area contributed by atoms with Crippen LogP contribution < -0.4 is 0 Å². The number of nitrogens with zero attached hydrogens (tertiary/aromatic N) is 1. The molecule has 1 N–H and O–H groups in total. The van der Waals surface area contributed by atoms with Gasteiger partial charge < -0.3 is 10.0 Å². The number of hydrogen-bond acceptors (Lipinski definition) is 1. The quantitative estimate of drug-likeness (QED) is 0.648. The summed E-state index contributed by atoms with van der Waals surface area (Å²) in [5.41, 5.74) is -0.0137. The van der Waals surface area contributed by atoms with Gasteiger partial charge in [-0.2, -0.15) is 0 Å². The smallest absolute Gasteiger partial charge is 0.407 e. The van der Waals surface area contributed by atoms with Crippen molar-refractivity contribution in [1.82, 2.24) is 4.90 Å². The maximum atomic E-state index is 11.2. The summed E-state index contributed by atoms with van der Waals surface area (Å²) in [6.07, 6.45) is 2.60. The van der Waals surface area contributed by atoms with Crippen LogP contribution in [-0.2, 0) is 0 Å². The van der Waals surface area contributed by atoms with Gasteiger partial charge in [-0.05, 0) is 30.6 Å². The Labute approximate surface area is 85.1 Å². The Bertz CT molecular complexity index is 269. The molecule has 0 aromatic heterocycles. The fourth-order valence-corrected chi connectivity index (χ4v) is 3.31. The van der Waals surface area contributed by atoms with Crippen molar-refractivity contribution in [3.63, 3.8) is 0 Å². The standard InChI is InChI=1S/C11H19NO2/c1-10(2,3)11-5-4-8(6-11)7-12(11)9(13)14/h8H,4-7H2,1-3H3,(H,13,14). The number of carbonyl (C=O) groups is 1. The number of carboxylic acid groups (broad SMARTS) is 1. The summed E-state index contributed by atoms with van der Waals surface area (Å²) in [6.45, 7) is 7.25. The van der Waals surface area contributed by atoms with Crippen LogP contribution in [0.25, 0.3) is 0 Å². The molecule has 2 aliphatic rings. The molecule has 1 aliphatic heterocycles. The zero-order valence-corrected chi connectivity index (χ0v) is 9.21. The van der Waals surface area contributed by atoms with Crippen LogP contribution in [0, 0.1) is 11.3 Å². The van der Waals surface area contributed by atoms with E-state index in [1.807, 2.05) is 0 Å². The predicted octanol–water partition coefficient (Wildman–Crippen LogP) is 2.57. The minimum Gasteiger partial charge on any atom is -0.465 e. The molecule has 0 radical (unpaired) electrons. The van der Waals surface area contributed by atoms with Crippen LogP contribution >= 0.6 is 0 Å². The second kappa shape index (κ2) is 2.65. The van der Waals surface area contributed by atoms with Crippen LogP contribution in [0.1, 0.15) is 40.0 Å². The Balaban J connectivity index is 2.35. The highest BCUT2D eigenvalue weighted by Crippen LogP contribution is 2.55. The van der Waals surface area contributed by atoms with Gasteiger partial charge in [0.2, 0.25) is 0 Å². The minimum atomic E-state index is -0.734. The van der Waals surface area contributed by atoms with Gasteiger partial charge in [-0.15, -0.1) is 0 Å². The summed E-state index contributed by atoms with van der Waals surface area (Å²) in [5.74, 6) is 0.616. The fraction of sp³-hybridized carbons (Fsp3) is 0.909. The molecular weight excluding hydrogens is 178 g/mol. The summed E-state index contributed by atoms with van der Waals surface area (Å²) in [6, 6.07) is 0. The van der Waals surface area contributed by atoms with E-state index >= 15 is 0 Å². The molecule has 2 fully saturated rings. The molecule has 80 valence electrons. The zero-order chi connectivity index (χ0) is 10.6. The Kier molecular flexibility index (Phi) is 1.85. The molecule has 1 aliphatic carbocycles. The van der Waals surface area contributed by atoms with Crippen molar-refractivity contribution in [2.45, 2.75) is 45.6 Å². The van der Waals surface area contributed by atoms with E-state index in [2.05, 4.69) is 20.8 Å². The summed E-state index contributed by atoms with van der Waals surface area (Å²) >= 11 is 0. The molecule has 2 bridgehead atoms. The Morgan fingerprint density at radius 2 is 2.14 bits per heavy atom. The van der Waals surface area contributed by atoms with Gasteiger partial charge in [0.1, 0.15) is 0 Å². The van der Waals surface area contributed by atoms with Crippen LogP contribution in [-0.4, -0.2) is 28.2 Å². The van der Waals surface area contributed by atoms with Crippen molar-refractivity contribution in [2.24, 2.45) is 11.3 Å². The molecule has 2 atom stereocenters. The molecule has 1 amide bonds. The maximum absolute atomic E-state index is 11.2. The summed E-state index contributed by atoms with van der Waals surface area (Å²) in [7, 11) is 0. The molecule has 3 nitrogen and oxygen atoms in total. The molecule has 2 rings (SSSR count). The predicted molar refractivity (Wildman–Crippen MR) is 54.3 cm³/mol.